The van der Waals surface area contributed by atoms with E-state index in [4.69, 9.17) is 11.3 Å². The second kappa shape index (κ2) is 11.6. The standard InChI is InChI=1S/C31H35N7O3/c1-7-41-30-14-28(33-15-29(30)32-6)21(4)38-9-8-24-25(27-18-37(10-11-39)35-20(27)3)12-23(13-26(24)31(38)40)17-36-16-19(2)34-22(36)5/h12-16,18,21,39H,7-11,17H2,1-5H3/t21-/m0/s1. The monoisotopic (exact) mass is 553 g/mol. The van der Waals surface area contributed by atoms with E-state index in [0.717, 1.165) is 39.5 Å². The van der Waals surface area contributed by atoms with Crippen LogP contribution in [0.3, 0.4) is 0 Å². The van der Waals surface area contributed by atoms with Gasteiger partial charge in [-0.05, 0) is 75.9 Å². The highest BCUT2D eigenvalue weighted by atomic mass is 16.5. The van der Waals surface area contributed by atoms with E-state index in [-0.39, 0.29) is 18.6 Å². The molecule has 1 aromatic carbocycles. The van der Waals surface area contributed by atoms with Crippen LogP contribution in [0.2, 0.25) is 0 Å². The molecule has 1 aliphatic rings. The van der Waals surface area contributed by atoms with Crippen LogP contribution in [0.4, 0.5) is 5.69 Å². The molecular formula is C31H35N7O3. The molecule has 1 amide bonds. The fourth-order valence-electron chi connectivity index (χ4n) is 5.59. The number of fused-ring (bicyclic) bond motifs is 1. The van der Waals surface area contributed by atoms with Crippen molar-refractivity contribution in [2.45, 2.75) is 60.2 Å². The van der Waals surface area contributed by atoms with E-state index < -0.39 is 0 Å². The lowest BCUT2D eigenvalue weighted by Gasteiger charge is -2.34. The smallest absolute Gasteiger partial charge is 0.254 e. The van der Waals surface area contributed by atoms with Crippen molar-refractivity contribution in [3.8, 4) is 16.9 Å². The van der Waals surface area contributed by atoms with Gasteiger partial charge in [-0.15, -0.1) is 0 Å². The average Bonchev–Trinajstić information content (AvgIpc) is 3.48. The number of benzene rings is 1. The van der Waals surface area contributed by atoms with E-state index in [1.54, 1.807) is 10.7 Å². The average molecular weight is 554 g/mol. The number of ether oxygens (including phenoxy) is 1. The predicted octanol–water partition coefficient (Wildman–Crippen LogP) is 4.82. The van der Waals surface area contributed by atoms with Gasteiger partial charge in [-0.1, -0.05) is 0 Å². The van der Waals surface area contributed by atoms with Crippen LogP contribution in [0.15, 0.2) is 36.8 Å². The van der Waals surface area contributed by atoms with Crippen molar-refractivity contribution < 1.29 is 14.6 Å². The first-order valence-electron chi connectivity index (χ1n) is 13.9. The molecule has 5 rings (SSSR count). The van der Waals surface area contributed by atoms with Crippen molar-refractivity contribution in [2.24, 2.45) is 0 Å². The summed E-state index contributed by atoms with van der Waals surface area (Å²) in [6.45, 7) is 19.1. The minimum atomic E-state index is -0.311. The summed E-state index contributed by atoms with van der Waals surface area (Å²) in [7, 11) is 0. The third kappa shape index (κ3) is 5.45. The molecule has 212 valence electrons. The fourth-order valence-corrected chi connectivity index (χ4v) is 5.59. The first kappa shape index (κ1) is 28.1. The fraction of sp³-hybridized carbons (Fsp3) is 0.387. The molecule has 1 N–H and O–H groups in total. The number of aryl methyl sites for hydroxylation is 3. The Hall–Kier alpha value is -4.49. The molecule has 41 heavy (non-hydrogen) atoms. The summed E-state index contributed by atoms with van der Waals surface area (Å²) in [5.74, 6) is 1.33. The zero-order valence-corrected chi connectivity index (χ0v) is 24.2. The minimum absolute atomic E-state index is 0.000784. The van der Waals surface area contributed by atoms with Gasteiger partial charge in [0, 0.05) is 42.8 Å². The van der Waals surface area contributed by atoms with E-state index in [1.165, 1.54) is 6.20 Å². The van der Waals surface area contributed by atoms with Crippen molar-refractivity contribution in [1.29, 1.82) is 0 Å². The van der Waals surface area contributed by atoms with Crippen molar-refractivity contribution in [1.82, 2.24) is 29.2 Å². The first-order chi connectivity index (χ1) is 19.7. The van der Waals surface area contributed by atoms with Crippen LogP contribution in [0.1, 0.15) is 64.3 Å². The highest BCUT2D eigenvalue weighted by molar-refractivity contribution is 5.99. The Morgan fingerprint density at radius 1 is 1.15 bits per heavy atom. The summed E-state index contributed by atoms with van der Waals surface area (Å²) >= 11 is 0. The lowest BCUT2D eigenvalue weighted by atomic mass is 9.87. The van der Waals surface area contributed by atoms with E-state index in [0.29, 0.717) is 55.4 Å². The zero-order valence-electron chi connectivity index (χ0n) is 24.2. The third-order valence-electron chi connectivity index (χ3n) is 7.60. The van der Waals surface area contributed by atoms with Crippen LogP contribution in [0.5, 0.6) is 5.75 Å². The highest BCUT2D eigenvalue weighted by Gasteiger charge is 2.32. The Labute approximate surface area is 240 Å². The van der Waals surface area contributed by atoms with Crippen LogP contribution in [0.25, 0.3) is 16.0 Å². The summed E-state index contributed by atoms with van der Waals surface area (Å²) in [4.78, 5) is 28.6. The van der Waals surface area contributed by atoms with Crippen LogP contribution in [-0.4, -0.2) is 60.0 Å². The van der Waals surface area contributed by atoms with Crippen molar-refractivity contribution >= 4 is 11.6 Å². The summed E-state index contributed by atoms with van der Waals surface area (Å²) in [5.41, 5.74) is 7.45. The molecule has 10 nitrogen and oxygen atoms in total. The maximum atomic E-state index is 14.2. The Balaban J connectivity index is 1.57. The molecule has 0 fully saturated rings. The molecule has 0 spiro atoms. The van der Waals surface area contributed by atoms with Gasteiger partial charge in [0.1, 0.15) is 11.6 Å². The summed E-state index contributed by atoms with van der Waals surface area (Å²) < 4.78 is 9.52. The molecule has 1 atom stereocenters. The predicted molar refractivity (Wildman–Crippen MR) is 155 cm³/mol. The SMILES string of the molecule is [C-]#[N+]c1cnc([C@H](C)N2CCc3c(cc(Cn4cc(C)nc4C)cc3-c3cn(CCO)nc3C)C2=O)cc1OCC. The quantitative estimate of drug-likeness (QED) is 0.298. The number of aliphatic hydroxyl groups is 1. The van der Waals surface area contributed by atoms with E-state index >= 15 is 0 Å². The van der Waals surface area contributed by atoms with Crippen LogP contribution in [-0.2, 0) is 19.5 Å². The van der Waals surface area contributed by atoms with Crippen molar-refractivity contribution in [3.63, 3.8) is 0 Å². The number of nitrogens with zero attached hydrogens (tertiary/aromatic N) is 7. The molecule has 0 radical (unpaired) electrons. The number of carbonyl (C=O) groups is 1. The number of hydrogen-bond acceptors (Lipinski definition) is 6. The number of pyridine rings is 1. The van der Waals surface area contributed by atoms with Crippen LogP contribution < -0.4 is 4.74 Å². The van der Waals surface area contributed by atoms with E-state index in [1.807, 2.05) is 58.0 Å². The third-order valence-corrected chi connectivity index (χ3v) is 7.60. The Kier molecular flexibility index (Phi) is 7.90. The first-order valence-corrected chi connectivity index (χ1v) is 13.9. The normalized spacial score (nSPS) is 13.7. The number of aliphatic hydroxyl groups excluding tert-OH is 1. The maximum absolute atomic E-state index is 14.2. The minimum Gasteiger partial charge on any atom is -0.505 e. The van der Waals surface area contributed by atoms with Crippen molar-refractivity contribution in [3.05, 3.63) is 87.8 Å². The van der Waals surface area contributed by atoms with Crippen LogP contribution in [0, 0.1) is 27.3 Å². The zero-order chi connectivity index (χ0) is 29.3. The Morgan fingerprint density at radius 2 is 1.93 bits per heavy atom. The Morgan fingerprint density at radius 3 is 2.61 bits per heavy atom. The number of imidazole rings is 1. The van der Waals surface area contributed by atoms with Gasteiger partial charge >= 0.3 is 0 Å². The van der Waals surface area contributed by atoms with Gasteiger partial charge in [0.2, 0.25) is 5.69 Å². The maximum Gasteiger partial charge on any atom is 0.254 e. The molecule has 0 saturated heterocycles. The molecule has 3 aromatic heterocycles. The Bertz CT molecular complexity index is 1650. The number of rotatable bonds is 9. The largest absolute Gasteiger partial charge is 0.505 e. The topological polar surface area (TPSA) is 103 Å². The van der Waals surface area contributed by atoms with Gasteiger partial charge in [0.05, 0.1) is 49.5 Å². The van der Waals surface area contributed by atoms with Gasteiger partial charge in [0.15, 0.2) is 0 Å². The lowest BCUT2D eigenvalue weighted by Crippen LogP contribution is -2.40. The molecule has 0 saturated carbocycles. The molecule has 4 heterocycles. The number of hydrogen-bond donors (Lipinski definition) is 1. The number of amides is 1. The lowest BCUT2D eigenvalue weighted by molar-refractivity contribution is 0.0669. The molecule has 0 aliphatic carbocycles. The molecule has 10 heteroatoms. The summed E-state index contributed by atoms with van der Waals surface area (Å²) in [6, 6.07) is 5.62. The van der Waals surface area contributed by atoms with Gasteiger partial charge in [-0.25, -0.2) is 9.83 Å². The number of carbonyl (C=O) groups excluding carboxylic acids is 1. The second-order valence-electron chi connectivity index (χ2n) is 10.4. The molecule has 1 aliphatic heterocycles. The van der Waals surface area contributed by atoms with Gasteiger partial charge in [0.25, 0.3) is 5.91 Å². The number of aromatic nitrogens is 5. The summed E-state index contributed by atoms with van der Waals surface area (Å²) in [6.07, 6.45) is 6.16. The van der Waals surface area contributed by atoms with Gasteiger partial charge in [-0.3, -0.25) is 14.5 Å². The van der Waals surface area contributed by atoms with E-state index in [9.17, 15) is 9.90 Å². The molecular weight excluding hydrogens is 518 g/mol. The van der Waals surface area contributed by atoms with E-state index in [2.05, 4.69) is 30.5 Å². The van der Waals surface area contributed by atoms with Gasteiger partial charge < -0.3 is 19.3 Å². The molecule has 0 unspecified atom stereocenters. The summed E-state index contributed by atoms with van der Waals surface area (Å²) in [5, 5.41) is 14.1. The molecule has 4 aromatic rings. The second-order valence-corrected chi connectivity index (χ2v) is 10.4. The molecule has 0 bridgehead atoms. The van der Waals surface area contributed by atoms with Crippen LogP contribution >= 0.6 is 0 Å². The van der Waals surface area contributed by atoms with Crippen molar-refractivity contribution in [2.75, 3.05) is 19.8 Å². The highest BCUT2D eigenvalue weighted by Crippen LogP contribution is 2.37. The van der Waals surface area contributed by atoms with Gasteiger partial charge in [-0.2, -0.15) is 5.10 Å².